The van der Waals surface area contributed by atoms with E-state index in [9.17, 15) is 4.79 Å². The molecule has 1 aliphatic heterocycles. The monoisotopic (exact) mass is 414 g/mol. The van der Waals surface area contributed by atoms with Crippen molar-refractivity contribution in [1.29, 1.82) is 0 Å². The van der Waals surface area contributed by atoms with E-state index >= 15 is 0 Å². The van der Waals surface area contributed by atoms with Gasteiger partial charge in [0.05, 0.1) is 16.8 Å². The van der Waals surface area contributed by atoms with E-state index in [1.165, 1.54) is 11.3 Å². The number of fused-ring (bicyclic) bond motifs is 2. The zero-order valence-electron chi connectivity index (χ0n) is 16.8. The van der Waals surface area contributed by atoms with Crippen LogP contribution in [0.3, 0.4) is 0 Å². The summed E-state index contributed by atoms with van der Waals surface area (Å²) in [6, 6.07) is 17.9. The van der Waals surface area contributed by atoms with E-state index < -0.39 is 0 Å². The summed E-state index contributed by atoms with van der Waals surface area (Å²) in [6.07, 6.45) is 0.865. The first-order valence-corrected chi connectivity index (χ1v) is 11.1. The van der Waals surface area contributed by atoms with Crippen molar-refractivity contribution < 1.29 is 4.79 Å². The Kier molecular flexibility index (Phi) is 5.02. The SMILES string of the molecule is CCN1CCc2nc3ccccc3c(C(=O)Nc3nc(-c4ccccc4)cs3)c2C1. The third-order valence-electron chi connectivity index (χ3n) is 5.59. The molecule has 0 bridgehead atoms. The van der Waals surface area contributed by atoms with Gasteiger partial charge < -0.3 is 0 Å². The Labute approximate surface area is 179 Å². The number of aromatic nitrogens is 2. The summed E-state index contributed by atoms with van der Waals surface area (Å²) in [5.74, 6) is -0.114. The van der Waals surface area contributed by atoms with Gasteiger partial charge in [-0.05, 0) is 12.6 Å². The second-order valence-electron chi connectivity index (χ2n) is 7.41. The molecule has 1 amide bonds. The van der Waals surface area contributed by atoms with Crippen molar-refractivity contribution in [1.82, 2.24) is 14.9 Å². The van der Waals surface area contributed by atoms with Crippen molar-refractivity contribution in [3.8, 4) is 11.3 Å². The molecule has 4 aromatic rings. The fraction of sp³-hybridized carbons (Fsp3) is 0.208. The van der Waals surface area contributed by atoms with Crippen LogP contribution in [0.25, 0.3) is 22.2 Å². The number of benzene rings is 2. The number of rotatable bonds is 4. The molecule has 0 spiro atoms. The second-order valence-corrected chi connectivity index (χ2v) is 8.26. The van der Waals surface area contributed by atoms with Crippen LogP contribution >= 0.6 is 11.3 Å². The van der Waals surface area contributed by atoms with E-state index in [0.717, 1.165) is 65.0 Å². The molecule has 5 nitrogen and oxygen atoms in total. The van der Waals surface area contributed by atoms with Crippen LogP contribution in [0.2, 0.25) is 0 Å². The number of anilines is 1. The molecule has 0 saturated carbocycles. The van der Waals surface area contributed by atoms with Crippen LogP contribution in [0, 0.1) is 0 Å². The van der Waals surface area contributed by atoms with Gasteiger partial charge in [0.1, 0.15) is 0 Å². The Morgan fingerprint density at radius 3 is 2.73 bits per heavy atom. The minimum absolute atomic E-state index is 0.114. The summed E-state index contributed by atoms with van der Waals surface area (Å²) < 4.78 is 0. The third-order valence-corrected chi connectivity index (χ3v) is 6.35. The van der Waals surface area contributed by atoms with Gasteiger partial charge in [-0.1, -0.05) is 55.5 Å². The van der Waals surface area contributed by atoms with E-state index in [2.05, 4.69) is 22.1 Å². The third kappa shape index (κ3) is 3.49. The van der Waals surface area contributed by atoms with Gasteiger partial charge >= 0.3 is 0 Å². The van der Waals surface area contributed by atoms with Crippen molar-refractivity contribution in [2.24, 2.45) is 0 Å². The first-order chi connectivity index (χ1) is 14.7. The number of nitrogens with one attached hydrogen (secondary N) is 1. The highest BCUT2D eigenvalue weighted by Crippen LogP contribution is 2.30. The molecule has 0 fully saturated rings. The van der Waals surface area contributed by atoms with Crippen LogP contribution in [0.4, 0.5) is 5.13 Å². The van der Waals surface area contributed by atoms with Crippen LogP contribution in [0.15, 0.2) is 60.0 Å². The number of amides is 1. The predicted molar refractivity (Wildman–Crippen MR) is 122 cm³/mol. The molecule has 2 aromatic heterocycles. The van der Waals surface area contributed by atoms with Crippen molar-refractivity contribution >= 4 is 33.3 Å². The van der Waals surface area contributed by atoms with Gasteiger partial charge in [0.15, 0.2) is 5.13 Å². The van der Waals surface area contributed by atoms with Gasteiger partial charge in [-0.3, -0.25) is 20.0 Å². The van der Waals surface area contributed by atoms with Gasteiger partial charge in [0.2, 0.25) is 0 Å². The predicted octanol–water partition coefficient (Wildman–Crippen LogP) is 4.99. The largest absolute Gasteiger partial charge is 0.299 e. The number of para-hydroxylation sites is 1. The average molecular weight is 415 g/mol. The van der Waals surface area contributed by atoms with E-state index in [0.29, 0.717) is 5.13 Å². The molecule has 1 N–H and O–H groups in total. The lowest BCUT2D eigenvalue weighted by molar-refractivity contribution is 0.102. The highest BCUT2D eigenvalue weighted by molar-refractivity contribution is 7.14. The first kappa shape index (κ1) is 18.9. The van der Waals surface area contributed by atoms with Gasteiger partial charge in [-0.25, -0.2) is 4.98 Å². The summed E-state index contributed by atoms with van der Waals surface area (Å²) in [5.41, 5.74) is 5.58. The van der Waals surface area contributed by atoms with Gasteiger partial charge in [-0.2, -0.15) is 0 Å². The maximum atomic E-state index is 13.5. The smallest absolute Gasteiger partial charge is 0.258 e. The van der Waals surface area contributed by atoms with E-state index in [4.69, 9.17) is 4.98 Å². The molecule has 6 heteroatoms. The molecule has 3 heterocycles. The molecule has 2 aromatic carbocycles. The zero-order chi connectivity index (χ0) is 20.5. The summed E-state index contributed by atoms with van der Waals surface area (Å²) in [5, 5.41) is 6.52. The quantitative estimate of drug-likeness (QED) is 0.511. The standard InChI is InChI=1S/C24H22N4OS/c1-2-28-13-12-20-18(14-28)22(17-10-6-7-11-19(17)25-20)23(29)27-24-26-21(15-30-24)16-8-4-3-5-9-16/h3-11,15H,2,12-14H2,1H3,(H,26,27,29). The number of thiazole rings is 1. The van der Waals surface area contributed by atoms with Crippen LogP contribution < -0.4 is 5.32 Å². The molecule has 0 aliphatic carbocycles. The Morgan fingerprint density at radius 2 is 1.90 bits per heavy atom. The molecule has 5 rings (SSSR count). The summed E-state index contributed by atoms with van der Waals surface area (Å²) in [7, 11) is 0. The van der Waals surface area contributed by atoms with Crippen molar-refractivity contribution in [3.05, 3.63) is 76.8 Å². The number of pyridine rings is 1. The Hall–Kier alpha value is -3.09. The number of nitrogens with zero attached hydrogens (tertiary/aromatic N) is 3. The normalized spacial score (nSPS) is 13.9. The van der Waals surface area contributed by atoms with Gasteiger partial charge in [-0.15, -0.1) is 11.3 Å². The number of hydrogen-bond acceptors (Lipinski definition) is 5. The molecule has 150 valence electrons. The Bertz CT molecular complexity index is 1220. The second kappa shape index (κ2) is 7.97. The fourth-order valence-corrected chi connectivity index (χ4v) is 4.72. The Morgan fingerprint density at radius 1 is 1.10 bits per heavy atom. The number of carbonyl (C=O) groups is 1. The molecule has 30 heavy (non-hydrogen) atoms. The highest BCUT2D eigenvalue weighted by atomic mass is 32.1. The topological polar surface area (TPSA) is 58.1 Å². The van der Waals surface area contributed by atoms with Crippen molar-refractivity contribution in [2.45, 2.75) is 19.9 Å². The fourth-order valence-electron chi connectivity index (χ4n) is 4.01. The van der Waals surface area contributed by atoms with E-state index in [1.807, 2.05) is 60.0 Å². The Balaban J connectivity index is 1.53. The minimum atomic E-state index is -0.114. The maximum absolute atomic E-state index is 13.5. The van der Waals surface area contributed by atoms with Crippen LogP contribution in [-0.2, 0) is 13.0 Å². The number of carbonyl (C=O) groups excluding carboxylic acids is 1. The highest BCUT2D eigenvalue weighted by Gasteiger charge is 2.25. The molecule has 0 saturated heterocycles. The lowest BCUT2D eigenvalue weighted by Crippen LogP contribution is -2.33. The van der Waals surface area contributed by atoms with Crippen molar-refractivity contribution in [3.63, 3.8) is 0 Å². The lowest BCUT2D eigenvalue weighted by Gasteiger charge is -2.29. The van der Waals surface area contributed by atoms with Crippen LogP contribution in [0.1, 0.15) is 28.5 Å². The number of likely N-dealkylation sites (N-methyl/N-ethyl adjacent to an activating group) is 1. The molecule has 0 unspecified atom stereocenters. The summed E-state index contributed by atoms with van der Waals surface area (Å²) in [6.45, 7) is 4.84. The average Bonchev–Trinajstić information content (AvgIpc) is 3.26. The summed E-state index contributed by atoms with van der Waals surface area (Å²) >= 11 is 1.45. The number of hydrogen-bond donors (Lipinski definition) is 1. The molecule has 0 atom stereocenters. The first-order valence-electron chi connectivity index (χ1n) is 10.2. The van der Waals surface area contributed by atoms with Crippen molar-refractivity contribution in [2.75, 3.05) is 18.4 Å². The van der Waals surface area contributed by atoms with Crippen LogP contribution in [-0.4, -0.2) is 33.9 Å². The molecular weight excluding hydrogens is 392 g/mol. The molecule has 1 aliphatic rings. The van der Waals surface area contributed by atoms with Crippen LogP contribution in [0.5, 0.6) is 0 Å². The minimum Gasteiger partial charge on any atom is -0.299 e. The van der Waals surface area contributed by atoms with Gasteiger partial charge in [0, 0.05) is 47.1 Å². The maximum Gasteiger partial charge on any atom is 0.258 e. The molecule has 0 radical (unpaired) electrons. The van der Waals surface area contributed by atoms with E-state index in [-0.39, 0.29) is 5.91 Å². The van der Waals surface area contributed by atoms with E-state index in [1.54, 1.807) is 0 Å². The summed E-state index contributed by atoms with van der Waals surface area (Å²) in [4.78, 5) is 25.3. The molecular formula is C24H22N4OS. The lowest BCUT2D eigenvalue weighted by atomic mass is 9.95. The zero-order valence-corrected chi connectivity index (χ0v) is 17.6. The van der Waals surface area contributed by atoms with Gasteiger partial charge in [0.25, 0.3) is 5.91 Å².